The molecule has 2 aromatic rings. The van der Waals surface area contributed by atoms with Crippen LogP contribution in [-0.4, -0.2) is 4.99 Å². The number of thiocarbonyl (C=S) groups is 1. The van der Waals surface area contributed by atoms with E-state index in [-0.39, 0.29) is 10.8 Å². The van der Waals surface area contributed by atoms with E-state index >= 15 is 0 Å². The lowest BCUT2D eigenvalue weighted by atomic mass is 10.2. The molecule has 2 nitrogen and oxygen atoms in total. The normalized spacial score (nSPS) is 10.3. The van der Waals surface area contributed by atoms with E-state index in [0.717, 1.165) is 4.47 Å². The van der Waals surface area contributed by atoms with Gasteiger partial charge in [0, 0.05) is 15.7 Å². The molecule has 2 aromatic carbocycles. The molecule has 0 unspecified atom stereocenters. The number of nitrogens with two attached hydrogens (primary N) is 1. The number of anilines is 2. The zero-order valence-electron chi connectivity index (χ0n) is 9.58. The average Bonchev–Trinajstić information content (AvgIpc) is 2.33. The third kappa shape index (κ3) is 3.43. The van der Waals surface area contributed by atoms with Crippen molar-refractivity contribution in [2.75, 3.05) is 5.32 Å². The van der Waals surface area contributed by atoms with Gasteiger partial charge in [-0.1, -0.05) is 39.7 Å². The predicted molar refractivity (Wildman–Crippen MR) is 84.7 cm³/mol. The Morgan fingerprint density at radius 3 is 2.63 bits per heavy atom. The van der Waals surface area contributed by atoms with Crippen LogP contribution >= 0.6 is 39.7 Å². The number of hydrogen-bond donors (Lipinski definition) is 2. The van der Waals surface area contributed by atoms with Crippen molar-refractivity contribution >= 4 is 56.1 Å². The summed E-state index contributed by atoms with van der Waals surface area (Å²) >= 11 is 14.2. The van der Waals surface area contributed by atoms with E-state index in [2.05, 4.69) is 21.2 Å². The Morgan fingerprint density at radius 2 is 2.00 bits per heavy atom. The summed E-state index contributed by atoms with van der Waals surface area (Å²) in [6.07, 6.45) is 0. The van der Waals surface area contributed by atoms with Gasteiger partial charge in [-0.15, -0.1) is 0 Å². The minimum atomic E-state index is -0.349. The van der Waals surface area contributed by atoms with Crippen molar-refractivity contribution in [1.82, 2.24) is 0 Å². The van der Waals surface area contributed by atoms with Crippen molar-refractivity contribution < 1.29 is 4.39 Å². The van der Waals surface area contributed by atoms with Gasteiger partial charge in [0.15, 0.2) is 0 Å². The molecule has 0 aromatic heterocycles. The van der Waals surface area contributed by atoms with Crippen LogP contribution in [0.15, 0.2) is 40.9 Å². The molecular weight excluding hydrogens is 351 g/mol. The van der Waals surface area contributed by atoms with Crippen molar-refractivity contribution in [3.63, 3.8) is 0 Å². The van der Waals surface area contributed by atoms with E-state index in [1.165, 1.54) is 6.07 Å². The van der Waals surface area contributed by atoms with Crippen LogP contribution in [0.3, 0.4) is 0 Å². The molecule has 2 rings (SSSR count). The van der Waals surface area contributed by atoms with Crippen molar-refractivity contribution in [3.05, 3.63) is 57.3 Å². The maximum atomic E-state index is 13.6. The van der Waals surface area contributed by atoms with Gasteiger partial charge in [0.25, 0.3) is 0 Å². The summed E-state index contributed by atoms with van der Waals surface area (Å²) in [5.41, 5.74) is 7.13. The molecule has 0 bridgehead atoms. The summed E-state index contributed by atoms with van der Waals surface area (Å²) in [6.45, 7) is 0. The standard InChI is InChI=1S/C13H9BrClFN2S/c14-7-1-4-11(16)12(5-7)18-8-2-3-9(13(17)19)10(15)6-8/h1-6,18H,(H2,17,19). The lowest BCUT2D eigenvalue weighted by Crippen LogP contribution is -2.10. The summed E-state index contributed by atoms with van der Waals surface area (Å²) in [5.74, 6) is -0.349. The highest BCUT2D eigenvalue weighted by molar-refractivity contribution is 9.10. The first-order valence-electron chi connectivity index (χ1n) is 5.29. The molecule has 0 spiro atoms. The van der Waals surface area contributed by atoms with Crippen LogP contribution in [0, 0.1) is 5.82 Å². The van der Waals surface area contributed by atoms with E-state index in [9.17, 15) is 4.39 Å². The molecule has 3 N–H and O–H groups in total. The van der Waals surface area contributed by atoms with E-state index in [0.29, 0.717) is 22.0 Å². The highest BCUT2D eigenvalue weighted by Gasteiger charge is 2.07. The minimum absolute atomic E-state index is 0.227. The molecule has 0 aliphatic carbocycles. The average molecular weight is 360 g/mol. The number of rotatable bonds is 3. The van der Waals surface area contributed by atoms with Crippen LogP contribution in [0.25, 0.3) is 0 Å². The van der Waals surface area contributed by atoms with Gasteiger partial charge in [-0.25, -0.2) is 4.39 Å². The molecule has 0 aliphatic heterocycles. The lowest BCUT2D eigenvalue weighted by molar-refractivity contribution is 0.631. The fourth-order valence-electron chi connectivity index (χ4n) is 1.54. The van der Waals surface area contributed by atoms with E-state index in [4.69, 9.17) is 29.6 Å². The van der Waals surface area contributed by atoms with Crippen LogP contribution in [-0.2, 0) is 0 Å². The molecule has 0 amide bonds. The van der Waals surface area contributed by atoms with Crippen molar-refractivity contribution in [2.24, 2.45) is 5.73 Å². The van der Waals surface area contributed by atoms with Crippen LogP contribution in [0.5, 0.6) is 0 Å². The van der Waals surface area contributed by atoms with Crippen LogP contribution in [0.1, 0.15) is 5.56 Å². The Labute approximate surface area is 128 Å². The molecule has 0 saturated heterocycles. The number of benzene rings is 2. The fourth-order valence-corrected chi connectivity index (χ4v) is 2.42. The zero-order chi connectivity index (χ0) is 14.0. The highest BCUT2D eigenvalue weighted by atomic mass is 79.9. The summed E-state index contributed by atoms with van der Waals surface area (Å²) in [6, 6.07) is 9.73. The molecule has 0 fully saturated rings. The van der Waals surface area contributed by atoms with Crippen molar-refractivity contribution in [3.8, 4) is 0 Å². The first kappa shape index (κ1) is 14.2. The summed E-state index contributed by atoms with van der Waals surface area (Å²) < 4.78 is 14.4. The number of halogens is 3. The Morgan fingerprint density at radius 1 is 1.26 bits per heavy atom. The largest absolute Gasteiger partial charge is 0.389 e. The number of nitrogens with one attached hydrogen (secondary N) is 1. The van der Waals surface area contributed by atoms with Gasteiger partial charge in [-0.2, -0.15) is 0 Å². The van der Waals surface area contributed by atoms with Crippen molar-refractivity contribution in [2.45, 2.75) is 0 Å². The molecular formula is C13H9BrClFN2S. The van der Waals surface area contributed by atoms with Crippen LogP contribution in [0.4, 0.5) is 15.8 Å². The van der Waals surface area contributed by atoms with E-state index in [1.807, 2.05) is 0 Å². The van der Waals surface area contributed by atoms with E-state index in [1.54, 1.807) is 30.3 Å². The first-order valence-corrected chi connectivity index (χ1v) is 6.87. The zero-order valence-corrected chi connectivity index (χ0v) is 12.7. The van der Waals surface area contributed by atoms with Gasteiger partial charge in [0.05, 0.1) is 10.7 Å². The van der Waals surface area contributed by atoms with Crippen molar-refractivity contribution in [1.29, 1.82) is 0 Å². The second-order valence-electron chi connectivity index (χ2n) is 3.81. The summed E-state index contributed by atoms with van der Waals surface area (Å²) in [7, 11) is 0. The second-order valence-corrected chi connectivity index (χ2v) is 5.57. The molecule has 98 valence electrons. The monoisotopic (exact) mass is 358 g/mol. The molecule has 0 radical (unpaired) electrons. The minimum Gasteiger partial charge on any atom is -0.389 e. The molecule has 6 heteroatoms. The maximum absolute atomic E-state index is 13.6. The Balaban J connectivity index is 2.31. The SMILES string of the molecule is NC(=S)c1ccc(Nc2cc(Br)ccc2F)cc1Cl. The second kappa shape index (κ2) is 5.86. The topological polar surface area (TPSA) is 38.0 Å². The molecule has 0 saturated carbocycles. The van der Waals surface area contributed by atoms with Gasteiger partial charge < -0.3 is 11.1 Å². The quantitative estimate of drug-likeness (QED) is 0.785. The number of hydrogen-bond acceptors (Lipinski definition) is 2. The molecule has 0 aliphatic rings. The van der Waals surface area contributed by atoms with Gasteiger partial charge in [0.1, 0.15) is 10.8 Å². The fraction of sp³-hybridized carbons (Fsp3) is 0. The van der Waals surface area contributed by atoms with Crippen LogP contribution < -0.4 is 11.1 Å². The predicted octanol–water partition coefficient (Wildman–Crippen LogP) is 4.62. The smallest absolute Gasteiger partial charge is 0.146 e. The lowest BCUT2D eigenvalue weighted by Gasteiger charge is -2.10. The third-order valence-electron chi connectivity index (χ3n) is 2.44. The van der Waals surface area contributed by atoms with Crippen LogP contribution in [0.2, 0.25) is 5.02 Å². The van der Waals surface area contributed by atoms with E-state index < -0.39 is 0 Å². The van der Waals surface area contributed by atoms with Gasteiger partial charge >= 0.3 is 0 Å². The molecule has 19 heavy (non-hydrogen) atoms. The Hall–Kier alpha value is -1.17. The molecule has 0 heterocycles. The van der Waals surface area contributed by atoms with Gasteiger partial charge in [-0.3, -0.25) is 0 Å². The Kier molecular flexibility index (Phi) is 4.39. The van der Waals surface area contributed by atoms with Gasteiger partial charge in [0.2, 0.25) is 0 Å². The molecule has 0 atom stereocenters. The van der Waals surface area contributed by atoms with Gasteiger partial charge in [-0.05, 0) is 36.4 Å². The highest BCUT2D eigenvalue weighted by Crippen LogP contribution is 2.27. The first-order chi connectivity index (χ1) is 8.97. The summed E-state index contributed by atoms with van der Waals surface area (Å²) in [5, 5.41) is 3.37. The third-order valence-corrected chi connectivity index (χ3v) is 3.47. The maximum Gasteiger partial charge on any atom is 0.146 e. The summed E-state index contributed by atoms with van der Waals surface area (Å²) in [4.78, 5) is 0.227. The Bertz CT molecular complexity index is 649.